The maximum Gasteiger partial charge on any atom is 0.0233 e. The van der Waals surface area contributed by atoms with Crippen LogP contribution in [0.15, 0.2) is 0 Å². The molecule has 127 valence electrons. The minimum absolute atomic E-state index is 1.16. The first-order valence-corrected chi connectivity index (χ1v) is 9.62. The van der Waals surface area contributed by atoms with Crippen LogP contribution in [0.1, 0.15) is 91.4 Å². The molecule has 0 fully saturated rings. The summed E-state index contributed by atoms with van der Waals surface area (Å²) in [5, 5.41) is 3.46. The quantitative estimate of drug-likeness (QED) is 0.362. The highest BCUT2D eigenvalue weighted by Gasteiger charge is 1.98. The average molecular weight is 298 g/mol. The van der Waals surface area contributed by atoms with Crippen LogP contribution in [0.3, 0.4) is 0 Å². The van der Waals surface area contributed by atoms with Crippen LogP contribution in [0.2, 0.25) is 0 Å². The van der Waals surface area contributed by atoms with E-state index in [9.17, 15) is 0 Å². The normalized spacial score (nSPS) is 11.4. The number of rotatable bonds is 17. The Hall–Kier alpha value is -0.0800. The molecule has 1 radical (unpaired) electrons. The molecule has 0 bridgehead atoms. The van der Waals surface area contributed by atoms with Gasteiger partial charge in [0, 0.05) is 6.54 Å². The highest BCUT2D eigenvalue weighted by atomic mass is 15.1. The Kier molecular flexibility index (Phi) is 17.9. The number of hydrogen-bond donors (Lipinski definition) is 1. The van der Waals surface area contributed by atoms with E-state index in [1.54, 1.807) is 0 Å². The monoisotopic (exact) mass is 297 g/mol. The first-order valence-electron chi connectivity index (χ1n) is 9.62. The van der Waals surface area contributed by atoms with Gasteiger partial charge >= 0.3 is 0 Å². The van der Waals surface area contributed by atoms with Crippen molar-refractivity contribution in [3.63, 3.8) is 0 Å². The van der Waals surface area contributed by atoms with Gasteiger partial charge in [-0.3, -0.25) is 0 Å². The van der Waals surface area contributed by atoms with Gasteiger partial charge in [-0.15, -0.1) is 0 Å². The van der Waals surface area contributed by atoms with E-state index >= 15 is 0 Å². The summed E-state index contributed by atoms with van der Waals surface area (Å²) in [6.07, 6.45) is 15.4. The van der Waals surface area contributed by atoms with E-state index in [4.69, 9.17) is 0 Å². The van der Waals surface area contributed by atoms with E-state index in [1.165, 1.54) is 90.3 Å². The lowest BCUT2D eigenvalue weighted by Crippen LogP contribution is -2.25. The van der Waals surface area contributed by atoms with Crippen molar-refractivity contribution < 1.29 is 0 Å². The van der Waals surface area contributed by atoms with Crippen molar-refractivity contribution >= 4 is 0 Å². The molecule has 0 aliphatic heterocycles. The van der Waals surface area contributed by atoms with E-state index < -0.39 is 0 Å². The highest BCUT2D eigenvalue weighted by molar-refractivity contribution is 4.65. The standard InChI is InChI=1S/C19H41N2/c1-4-7-8-9-10-11-12-13-14-15-17-20-18-16-19-21(5-2)6-3/h18,20H,4-17,19H2,1-3H3. The van der Waals surface area contributed by atoms with E-state index in [2.05, 4.69) is 37.5 Å². The Morgan fingerprint density at radius 1 is 0.714 bits per heavy atom. The third-order valence-corrected chi connectivity index (χ3v) is 4.30. The van der Waals surface area contributed by atoms with Gasteiger partial charge in [-0.05, 0) is 39.0 Å². The maximum atomic E-state index is 3.46. The lowest BCUT2D eigenvalue weighted by molar-refractivity contribution is 0.304. The summed E-state index contributed by atoms with van der Waals surface area (Å²) in [5.74, 6) is 0. The van der Waals surface area contributed by atoms with E-state index in [0.29, 0.717) is 0 Å². The van der Waals surface area contributed by atoms with Gasteiger partial charge < -0.3 is 10.2 Å². The first-order chi connectivity index (χ1) is 10.3. The van der Waals surface area contributed by atoms with Crippen molar-refractivity contribution in [3.8, 4) is 0 Å². The van der Waals surface area contributed by atoms with Crippen molar-refractivity contribution in [1.29, 1.82) is 0 Å². The van der Waals surface area contributed by atoms with Gasteiger partial charge in [0.05, 0.1) is 0 Å². The summed E-state index contributed by atoms with van der Waals surface area (Å²) < 4.78 is 0. The minimum Gasteiger partial charge on any atom is -0.312 e. The molecule has 0 unspecified atom stereocenters. The van der Waals surface area contributed by atoms with Gasteiger partial charge in [0.25, 0.3) is 0 Å². The van der Waals surface area contributed by atoms with Crippen LogP contribution in [0.5, 0.6) is 0 Å². The molecule has 0 spiro atoms. The molecule has 0 aromatic heterocycles. The smallest absolute Gasteiger partial charge is 0.0233 e. The van der Waals surface area contributed by atoms with Crippen LogP contribution >= 0.6 is 0 Å². The molecule has 21 heavy (non-hydrogen) atoms. The van der Waals surface area contributed by atoms with Crippen molar-refractivity contribution in [2.45, 2.75) is 91.4 Å². The van der Waals surface area contributed by atoms with Gasteiger partial charge in [0.2, 0.25) is 0 Å². The zero-order chi connectivity index (χ0) is 15.6. The van der Waals surface area contributed by atoms with Gasteiger partial charge in [-0.1, -0.05) is 78.6 Å². The SMILES string of the molecule is CCCCCCCCCCCCN[CH]CCN(CC)CC. The van der Waals surface area contributed by atoms with Gasteiger partial charge in [0.1, 0.15) is 0 Å². The topological polar surface area (TPSA) is 15.3 Å². The molecule has 0 aromatic rings. The number of hydrogen-bond acceptors (Lipinski definition) is 2. The molecular weight excluding hydrogens is 256 g/mol. The Labute approximate surface area is 135 Å². The molecule has 0 aliphatic carbocycles. The van der Waals surface area contributed by atoms with Gasteiger partial charge in [-0.25, -0.2) is 0 Å². The van der Waals surface area contributed by atoms with E-state index in [-0.39, 0.29) is 0 Å². The summed E-state index contributed by atoms with van der Waals surface area (Å²) in [4.78, 5) is 2.47. The summed E-state index contributed by atoms with van der Waals surface area (Å²) in [6, 6.07) is 0. The molecule has 2 nitrogen and oxygen atoms in total. The predicted octanol–water partition coefficient (Wildman–Crippen LogP) is 5.39. The molecular formula is C19H41N2. The Morgan fingerprint density at radius 3 is 1.76 bits per heavy atom. The number of nitrogens with one attached hydrogen (secondary N) is 1. The summed E-state index contributed by atoms with van der Waals surface area (Å²) in [6.45, 7) is 13.7. The van der Waals surface area contributed by atoms with Crippen LogP contribution in [0, 0.1) is 6.54 Å². The van der Waals surface area contributed by atoms with Gasteiger partial charge in [-0.2, -0.15) is 0 Å². The number of unbranched alkanes of at least 4 members (excludes halogenated alkanes) is 9. The molecule has 0 amide bonds. The largest absolute Gasteiger partial charge is 0.312 e. The van der Waals surface area contributed by atoms with Crippen LogP contribution in [0.25, 0.3) is 0 Å². The fourth-order valence-corrected chi connectivity index (χ4v) is 2.71. The first kappa shape index (κ1) is 20.9. The predicted molar refractivity (Wildman–Crippen MR) is 96.6 cm³/mol. The van der Waals surface area contributed by atoms with E-state index in [1.807, 2.05) is 0 Å². The van der Waals surface area contributed by atoms with Crippen molar-refractivity contribution in [2.24, 2.45) is 0 Å². The van der Waals surface area contributed by atoms with E-state index in [0.717, 1.165) is 6.54 Å². The second kappa shape index (κ2) is 18.0. The third kappa shape index (κ3) is 16.1. The lowest BCUT2D eigenvalue weighted by atomic mass is 10.1. The van der Waals surface area contributed by atoms with Crippen LogP contribution < -0.4 is 5.32 Å². The fraction of sp³-hybridized carbons (Fsp3) is 0.947. The number of nitrogens with zero attached hydrogens (tertiary/aromatic N) is 1. The zero-order valence-electron chi connectivity index (χ0n) is 15.1. The summed E-state index contributed by atoms with van der Waals surface area (Å²) >= 11 is 0. The second-order valence-electron chi connectivity index (χ2n) is 6.16. The lowest BCUT2D eigenvalue weighted by Gasteiger charge is -2.17. The molecule has 0 saturated heterocycles. The van der Waals surface area contributed by atoms with Crippen LogP contribution in [-0.2, 0) is 0 Å². The fourth-order valence-electron chi connectivity index (χ4n) is 2.71. The van der Waals surface area contributed by atoms with Gasteiger partial charge in [0.15, 0.2) is 0 Å². The highest BCUT2D eigenvalue weighted by Crippen LogP contribution is 2.10. The zero-order valence-corrected chi connectivity index (χ0v) is 15.1. The Morgan fingerprint density at radius 2 is 1.24 bits per heavy atom. The van der Waals surface area contributed by atoms with Crippen molar-refractivity contribution in [2.75, 3.05) is 26.2 Å². The molecule has 0 aromatic carbocycles. The molecule has 0 atom stereocenters. The van der Waals surface area contributed by atoms with Crippen molar-refractivity contribution in [1.82, 2.24) is 10.2 Å². The molecule has 0 heterocycles. The van der Waals surface area contributed by atoms with Crippen molar-refractivity contribution in [3.05, 3.63) is 6.54 Å². The minimum atomic E-state index is 1.16. The third-order valence-electron chi connectivity index (χ3n) is 4.30. The Bertz CT molecular complexity index is 178. The molecule has 0 aliphatic rings. The molecule has 0 rings (SSSR count). The second-order valence-corrected chi connectivity index (χ2v) is 6.16. The Balaban J connectivity index is 3.02. The molecule has 0 saturated carbocycles. The van der Waals surface area contributed by atoms with Crippen LogP contribution in [-0.4, -0.2) is 31.1 Å². The van der Waals surface area contributed by atoms with Crippen LogP contribution in [0.4, 0.5) is 0 Å². The summed E-state index contributed by atoms with van der Waals surface area (Å²) in [7, 11) is 0. The summed E-state index contributed by atoms with van der Waals surface area (Å²) in [5.41, 5.74) is 0. The molecule has 2 heteroatoms. The molecule has 1 N–H and O–H groups in total. The average Bonchev–Trinajstić information content (AvgIpc) is 2.51. The maximum absolute atomic E-state index is 3.46.